The molecule has 2 aromatic carbocycles. The van der Waals surface area contributed by atoms with Crippen LogP contribution in [0.25, 0.3) is 11.3 Å². The molecule has 0 bridgehead atoms. The summed E-state index contributed by atoms with van der Waals surface area (Å²) >= 11 is 0. The zero-order valence-corrected chi connectivity index (χ0v) is 25.2. The molecule has 3 aromatic rings. The van der Waals surface area contributed by atoms with Gasteiger partial charge in [-0.15, -0.1) is 0 Å². The van der Waals surface area contributed by atoms with E-state index >= 15 is 0 Å². The van der Waals surface area contributed by atoms with E-state index in [0.29, 0.717) is 39.8 Å². The summed E-state index contributed by atoms with van der Waals surface area (Å²) in [5.41, 5.74) is -0.336. The van der Waals surface area contributed by atoms with Crippen LogP contribution in [0.5, 0.6) is 17.2 Å². The minimum atomic E-state index is -1.46. The van der Waals surface area contributed by atoms with Crippen LogP contribution in [0.3, 0.4) is 0 Å². The van der Waals surface area contributed by atoms with Crippen LogP contribution in [-0.4, -0.2) is 53.9 Å². The van der Waals surface area contributed by atoms with Crippen molar-refractivity contribution in [3.8, 4) is 28.5 Å². The Morgan fingerprint density at radius 1 is 1.00 bits per heavy atom. The molecule has 2 N–H and O–H groups in total. The number of hydrogen-bond acceptors (Lipinski definition) is 8. The number of amides is 1. The van der Waals surface area contributed by atoms with Gasteiger partial charge in [0.25, 0.3) is 0 Å². The summed E-state index contributed by atoms with van der Waals surface area (Å²) < 4.78 is 36.1. The van der Waals surface area contributed by atoms with Crippen LogP contribution in [0.2, 0.25) is 0 Å². The summed E-state index contributed by atoms with van der Waals surface area (Å²) in [4.78, 5) is 29.7. The first kappa shape index (κ1) is 31.7. The molecule has 0 saturated heterocycles. The van der Waals surface area contributed by atoms with Crippen LogP contribution in [0.1, 0.15) is 69.4 Å². The predicted octanol–water partition coefficient (Wildman–Crippen LogP) is 6.21. The minimum Gasteiger partial charge on any atom is -0.493 e. The zero-order valence-electron chi connectivity index (χ0n) is 25.2. The normalized spacial score (nSPS) is 14.4. The van der Waals surface area contributed by atoms with Crippen molar-refractivity contribution in [1.82, 2.24) is 10.3 Å². The Hall–Kier alpha value is -4.18. The van der Waals surface area contributed by atoms with Gasteiger partial charge in [-0.3, -0.25) is 4.79 Å². The summed E-state index contributed by atoms with van der Waals surface area (Å²) in [5.74, 6) is 0.917. The molecule has 0 aliphatic heterocycles. The molecule has 1 saturated carbocycles. The van der Waals surface area contributed by atoms with Crippen LogP contribution < -0.4 is 19.5 Å². The number of carbonyl (C=O) groups is 2. The topological polar surface area (TPSA) is 116 Å². The first-order valence-electron chi connectivity index (χ1n) is 14.3. The van der Waals surface area contributed by atoms with Gasteiger partial charge in [-0.2, -0.15) is 0 Å². The number of ketones is 1. The third kappa shape index (κ3) is 9.15. The molecule has 1 heterocycles. The van der Waals surface area contributed by atoms with Crippen LogP contribution in [-0.2, 0) is 10.3 Å². The van der Waals surface area contributed by atoms with Crippen molar-refractivity contribution in [2.45, 2.75) is 70.7 Å². The third-order valence-corrected chi connectivity index (χ3v) is 6.70. The van der Waals surface area contributed by atoms with Crippen molar-refractivity contribution >= 4 is 11.9 Å². The number of pyridine rings is 1. The molecule has 1 aliphatic rings. The Kier molecular flexibility index (Phi) is 9.91. The second-order valence-corrected chi connectivity index (χ2v) is 11.7. The number of alkyl carbamates (subject to hydrolysis) is 1. The van der Waals surface area contributed by atoms with E-state index in [-0.39, 0.29) is 37.9 Å². The minimum absolute atomic E-state index is 0.0567. The highest BCUT2D eigenvalue weighted by atomic mass is 19.1. The number of rotatable bonds is 13. The molecular weight excluding hydrogens is 555 g/mol. The lowest BCUT2D eigenvalue weighted by atomic mass is 9.92. The smallest absolute Gasteiger partial charge is 0.407 e. The number of nitrogens with one attached hydrogen (secondary N) is 1. The van der Waals surface area contributed by atoms with E-state index in [4.69, 9.17) is 18.9 Å². The SMILES string of the molecule is COc1cc(C(=O)CCC(C)(O)c2ccc(OCCNC(=O)OC(C)(C)C)c(-c3ccc(F)cc3)n2)ccc1OC1CC1. The van der Waals surface area contributed by atoms with Gasteiger partial charge in [-0.05, 0) is 102 Å². The molecule has 230 valence electrons. The standard InChI is InChI=1S/C33H39FN2O7/c1-32(2,3)43-31(38)35-18-19-41-27-14-15-29(36-30(27)21-6-9-23(34)10-7-21)33(4,39)17-16-25(37)22-8-13-26(28(20-22)40-5)42-24-11-12-24/h6-10,13-15,20,24,39H,11-12,16-19H2,1-5H3,(H,35,38). The number of hydrogen-bond donors (Lipinski definition) is 2. The van der Waals surface area contributed by atoms with Gasteiger partial charge in [0.05, 0.1) is 25.5 Å². The maximum atomic E-state index is 13.7. The van der Waals surface area contributed by atoms with E-state index in [1.54, 1.807) is 70.2 Å². The quantitative estimate of drug-likeness (QED) is 0.177. The first-order valence-corrected chi connectivity index (χ1v) is 14.3. The van der Waals surface area contributed by atoms with E-state index in [9.17, 15) is 19.1 Å². The molecule has 4 rings (SSSR count). The third-order valence-electron chi connectivity index (χ3n) is 6.70. The van der Waals surface area contributed by atoms with E-state index in [2.05, 4.69) is 10.3 Å². The number of benzene rings is 2. The van der Waals surface area contributed by atoms with E-state index in [1.165, 1.54) is 19.2 Å². The van der Waals surface area contributed by atoms with Gasteiger partial charge in [0.1, 0.15) is 35.1 Å². The second-order valence-electron chi connectivity index (χ2n) is 11.7. The highest BCUT2D eigenvalue weighted by Gasteiger charge is 2.29. The summed E-state index contributed by atoms with van der Waals surface area (Å²) in [6, 6.07) is 14.1. The van der Waals surface area contributed by atoms with Crippen molar-refractivity contribution < 1.29 is 38.0 Å². The summed E-state index contributed by atoms with van der Waals surface area (Å²) in [7, 11) is 1.53. The molecule has 43 heavy (non-hydrogen) atoms. The van der Waals surface area contributed by atoms with Gasteiger partial charge >= 0.3 is 6.09 Å². The number of nitrogens with zero attached hydrogens (tertiary/aromatic N) is 1. The van der Waals surface area contributed by atoms with Crippen molar-refractivity contribution in [3.05, 3.63) is 71.7 Å². The molecule has 1 fully saturated rings. The fourth-order valence-corrected chi connectivity index (χ4v) is 4.24. The van der Waals surface area contributed by atoms with Gasteiger partial charge in [-0.1, -0.05) is 0 Å². The predicted molar refractivity (Wildman–Crippen MR) is 159 cm³/mol. The number of Topliss-reactive ketones (excluding diaryl/α,β-unsaturated/α-hetero) is 1. The van der Waals surface area contributed by atoms with Crippen LogP contribution in [0, 0.1) is 5.82 Å². The summed E-state index contributed by atoms with van der Waals surface area (Å²) in [5, 5.41) is 14.0. The number of aliphatic hydroxyl groups is 1. The Bertz CT molecular complexity index is 1430. The second kappa shape index (κ2) is 13.4. The molecule has 1 atom stereocenters. The maximum Gasteiger partial charge on any atom is 0.407 e. The van der Waals surface area contributed by atoms with Gasteiger partial charge < -0.3 is 29.4 Å². The van der Waals surface area contributed by atoms with Gasteiger partial charge in [0.15, 0.2) is 17.3 Å². The number of carbonyl (C=O) groups excluding carboxylic acids is 2. The zero-order chi connectivity index (χ0) is 31.2. The van der Waals surface area contributed by atoms with E-state index in [1.807, 2.05) is 0 Å². The maximum absolute atomic E-state index is 13.7. The van der Waals surface area contributed by atoms with Gasteiger partial charge in [0.2, 0.25) is 0 Å². The fourth-order valence-electron chi connectivity index (χ4n) is 4.24. The van der Waals surface area contributed by atoms with E-state index in [0.717, 1.165) is 12.8 Å². The average Bonchev–Trinajstić information content (AvgIpc) is 3.78. The number of methoxy groups -OCH3 is 1. The first-order chi connectivity index (χ1) is 20.3. The molecule has 1 aliphatic carbocycles. The highest BCUT2D eigenvalue weighted by molar-refractivity contribution is 5.96. The Balaban J connectivity index is 1.45. The molecule has 1 unspecified atom stereocenters. The summed E-state index contributed by atoms with van der Waals surface area (Å²) in [6.45, 7) is 7.21. The number of halogens is 1. The molecular formula is C33H39FN2O7. The molecule has 9 nitrogen and oxygen atoms in total. The number of aromatic nitrogens is 1. The van der Waals surface area contributed by atoms with E-state index < -0.39 is 23.1 Å². The monoisotopic (exact) mass is 594 g/mol. The highest BCUT2D eigenvalue weighted by Crippen LogP contribution is 2.36. The van der Waals surface area contributed by atoms with Crippen LogP contribution in [0.15, 0.2) is 54.6 Å². The Morgan fingerprint density at radius 3 is 2.35 bits per heavy atom. The lowest BCUT2D eigenvalue weighted by Gasteiger charge is -2.24. The lowest BCUT2D eigenvalue weighted by molar-refractivity contribution is 0.0396. The van der Waals surface area contributed by atoms with Crippen molar-refractivity contribution in [3.63, 3.8) is 0 Å². The molecule has 0 spiro atoms. The van der Waals surface area contributed by atoms with Crippen LogP contribution >= 0.6 is 0 Å². The van der Waals surface area contributed by atoms with Crippen molar-refractivity contribution in [1.29, 1.82) is 0 Å². The van der Waals surface area contributed by atoms with Crippen molar-refractivity contribution in [2.24, 2.45) is 0 Å². The number of ether oxygens (including phenoxy) is 4. The molecule has 10 heteroatoms. The Labute approximate surface area is 251 Å². The van der Waals surface area contributed by atoms with Gasteiger partial charge in [-0.25, -0.2) is 14.2 Å². The average molecular weight is 595 g/mol. The summed E-state index contributed by atoms with van der Waals surface area (Å²) in [6.07, 6.45) is 1.81. The van der Waals surface area contributed by atoms with Crippen LogP contribution in [0.4, 0.5) is 9.18 Å². The Morgan fingerprint density at radius 2 is 1.70 bits per heavy atom. The fraction of sp³-hybridized carbons (Fsp3) is 0.424. The largest absolute Gasteiger partial charge is 0.493 e. The van der Waals surface area contributed by atoms with Crippen molar-refractivity contribution in [2.75, 3.05) is 20.3 Å². The van der Waals surface area contributed by atoms with Gasteiger partial charge in [0, 0.05) is 17.5 Å². The molecule has 1 amide bonds. The molecule has 1 aromatic heterocycles. The lowest BCUT2D eigenvalue weighted by Crippen LogP contribution is -2.34. The molecule has 0 radical (unpaired) electrons.